The second kappa shape index (κ2) is 7.97. The molecule has 5 nitrogen and oxygen atoms in total. The highest BCUT2D eigenvalue weighted by atomic mass is 32.1. The van der Waals surface area contributed by atoms with Crippen LogP contribution in [0.4, 0.5) is 10.5 Å². The van der Waals surface area contributed by atoms with E-state index in [1.54, 1.807) is 28.4 Å². The summed E-state index contributed by atoms with van der Waals surface area (Å²) in [4.78, 5) is 28.0. The van der Waals surface area contributed by atoms with Gasteiger partial charge in [-0.2, -0.15) is 0 Å². The lowest BCUT2D eigenvalue weighted by Crippen LogP contribution is -2.39. The van der Waals surface area contributed by atoms with Gasteiger partial charge in [-0.1, -0.05) is 18.2 Å². The number of carbonyl (C=O) groups excluding carboxylic acids is 2. The summed E-state index contributed by atoms with van der Waals surface area (Å²) in [5.74, 6) is -0.425. The van der Waals surface area contributed by atoms with Crippen LogP contribution in [0.1, 0.15) is 29.2 Å². The normalized spacial score (nSPS) is 10.7. The standard InChI is InChI=1S/C18H23N3O2S/c1-12(2)21(11-15-9-8-13(3)24-15)18(23)20-16-7-5-4-6-14(16)10-17(19)22/h4-9,12H,10-11H2,1-3H3,(H2,19,22)(H,20,23). The Balaban J connectivity index is 2.15. The summed E-state index contributed by atoms with van der Waals surface area (Å²) in [5, 5.41) is 2.91. The van der Waals surface area contributed by atoms with Gasteiger partial charge < -0.3 is 16.0 Å². The van der Waals surface area contributed by atoms with Crippen molar-refractivity contribution in [3.05, 3.63) is 51.7 Å². The van der Waals surface area contributed by atoms with Crippen LogP contribution in [0.15, 0.2) is 36.4 Å². The van der Waals surface area contributed by atoms with Gasteiger partial charge >= 0.3 is 6.03 Å². The molecule has 2 rings (SSSR count). The Kier molecular flexibility index (Phi) is 5.98. The Hall–Kier alpha value is -2.34. The van der Waals surface area contributed by atoms with E-state index in [0.29, 0.717) is 17.8 Å². The van der Waals surface area contributed by atoms with Crippen molar-refractivity contribution in [3.63, 3.8) is 0 Å². The molecule has 24 heavy (non-hydrogen) atoms. The van der Waals surface area contributed by atoms with E-state index in [2.05, 4.69) is 11.4 Å². The van der Waals surface area contributed by atoms with Gasteiger partial charge in [0.1, 0.15) is 0 Å². The van der Waals surface area contributed by atoms with Gasteiger partial charge in [0.25, 0.3) is 0 Å². The first kappa shape index (κ1) is 18.0. The fraction of sp³-hybridized carbons (Fsp3) is 0.333. The van der Waals surface area contributed by atoms with Crippen LogP contribution in [-0.2, 0) is 17.8 Å². The summed E-state index contributed by atoms with van der Waals surface area (Å²) in [6, 6.07) is 11.2. The van der Waals surface area contributed by atoms with Gasteiger partial charge in [0.05, 0.1) is 13.0 Å². The van der Waals surface area contributed by atoms with Crippen molar-refractivity contribution in [1.82, 2.24) is 4.90 Å². The Bertz CT molecular complexity index is 725. The molecule has 0 bridgehead atoms. The molecule has 128 valence electrons. The molecule has 0 aliphatic carbocycles. The van der Waals surface area contributed by atoms with Crippen LogP contribution in [-0.4, -0.2) is 22.9 Å². The first-order valence-electron chi connectivity index (χ1n) is 7.86. The number of primary amides is 1. The first-order valence-corrected chi connectivity index (χ1v) is 8.67. The van der Waals surface area contributed by atoms with E-state index in [9.17, 15) is 9.59 Å². The Morgan fingerprint density at radius 3 is 2.50 bits per heavy atom. The van der Waals surface area contributed by atoms with E-state index in [0.717, 1.165) is 4.88 Å². The summed E-state index contributed by atoms with van der Waals surface area (Å²) < 4.78 is 0. The second-order valence-electron chi connectivity index (χ2n) is 5.96. The third-order valence-electron chi connectivity index (χ3n) is 3.63. The van der Waals surface area contributed by atoms with Crippen molar-refractivity contribution in [2.45, 2.75) is 39.8 Å². The number of nitrogens with zero attached hydrogens (tertiary/aromatic N) is 1. The molecule has 6 heteroatoms. The predicted octanol–water partition coefficient (Wildman–Crippen LogP) is 3.53. The number of aryl methyl sites for hydroxylation is 1. The molecule has 3 N–H and O–H groups in total. The van der Waals surface area contributed by atoms with E-state index in [-0.39, 0.29) is 18.5 Å². The number of rotatable bonds is 6. The van der Waals surface area contributed by atoms with Crippen molar-refractivity contribution in [2.24, 2.45) is 5.73 Å². The average molecular weight is 345 g/mol. The molecule has 0 unspecified atom stereocenters. The summed E-state index contributed by atoms with van der Waals surface area (Å²) in [6.45, 7) is 6.57. The maximum Gasteiger partial charge on any atom is 0.322 e. The summed E-state index contributed by atoms with van der Waals surface area (Å²) >= 11 is 1.69. The van der Waals surface area contributed by atoms with Gasteiger partial charge in [-0.15, -0.1) is 11.3 Å². The minimum absolute atomic E-state index is 0.0516. The van der Waals surface area contributed by atoms with Crippen LogP contribution in [0.2, 0.25) is 0 Å². The van der Waals surface area contributed by atoms with Crippen LogP contribution in [0, 0.1) is 6.92 Å². The molecule has 0 saturated heterocycles. The molecule has 3 amide bonds. The van der Waals surface area contributed by atoms with E-state index in [1.807, 2.05) is 39.0 Å². The zero-order chi connectivity index (χ0) is 17.7. The summed E-state index contributed by atoms with van der Waals surface area (Å²) in [5.41, 5.74) is 6.61. The topological polar surface area (TPSA) is 75.4 Å². The highest BCUT2D eigenvalue weighted by Gasteiger charge is 2.19. The third-order valence-corrected chi connectivity index (χ3v) is 4.62. The number of amides is 3. The maximum absolute atomic E-state index is 12.7. The minimum atomic E-state index is -0.425. The van der Waals surface area contributed by atoms with Crippen LogP contribution in [0.25, 0.3) is 0 Å². The highest BCUT2D eigenvalue weighted by Crippen LogP contribution is 2.21. The molecule has 2 aromatic rings. The van der Waals surface area contributed by atoms with Gasteiger partial charge in [0.2, 0.25) is 5.91 Å². The molecule has 1 aromatic heterocycles. The fourth-order valence-corrected chi connectivity index (χ4v) is 3.29. The van der Waals surface area contributed by atoms with Gasteiger partial charge in [-0.05, 0) is 44.5 Å². The van der Waals surface area contributed by atoms with Gasteiger partial charge in [-0.3, -0.25) is 4.79 Å². The molecule has 0 saturated carbocycles. The quantitative estimate of drug-likeness (QED) is 0.840. The Morgan fingerprint density at radius 2 is 1.92 bits per heavy atom. The first-order chi connectivity index (χ1) is 11.4. The number of nitrogens with one attached hydrogen (secondary N) is 1. The SMILES string of the molecule is Cc1ccc(CN(C(=O)Nc2ccccc2CC(N)=O)C(C)C)s1. The predicted molar refractivity (Wildman–Crippen MR) is 98.1 cm³/mol. The lowest BCUT2D eigenvalue weighted by Gasteiger charge is -2.27. The van der Waals surface area contributed by atoms with E-state index in [1.165, 1.54) is 4.88 Å². The number of carbonyl (C=O) groups is 2. The lowest BCUT2D eigenvalue weighted by molar-refractivity contribution is -0.117. The molecule has 0 aliphatic heterocycles. The van der Waals surface area contributed by atoms with Crippen molar-refractivity contribution >= 4 is 29.0 Å². The summed E-state index contributed by atoms with van der Waals surface area (Å²) in [7, 11) is 0. The van der Waals surface area contributed by atoms with Crippen LogP contribution >= 0.6 is 11.3 Å². The van der Waals surface area contributed by atoms with Gasteiger partial charge in [-0.25, -0.2) is 4.79 Å². The molecule has 0 spiro atoms. The number of nitrogens with two attached hydrogens (primary N) is 1. The van der Waals surface area contributed by atoms with E-state index in [4.69, 9.17) is 5.73 Å². The number of hydrogen-bond acceptors (Lipinski definition) is 3. The van der Waals surface area contributed by atoms with Crippen molar-refractivity contribution in [2.75, 3.05) is 5.32 Å². The zero-order valence-corrected chi connectivity index (χ0v) is 15.0. The summed E-state index contributed by atoms with van der Waals surface area (Å²) in [6.07, 6.45) is 0.0995. The number of thiophene rings is 1. The third kappa shape index (κ3) is 4.83. The number of anilines is 1. The molecule has 0 atom stereocenters. The zero-order valence-electron chi connectivity index (χ0n) is 14.2. The van der Waals surface area contributed by atoms with Gasteiger partial charge in [0.15, 0.2) is 0 Å². The minimum Gasteiger partial charge on any atom is -0.369 e. The highest BCUT2D eigenvalue weighted by molar-refractivity contribution is 7.11. The van der Waals surface area contributed by atoms with E-state index >= 15 is 0 Å². The molecular weight excluding hydrogens is 322 g/mol. The van der Waals surface area contributed by atoms with Crippen molar-refractivity contribution in [3.8, 4) is 0 Å². The average Bonchev–Trinajstić information content (AvgIpc) is 2.91. The lowest BCUT2D eigenvalue weighted by atomic mass is 10.1. The second-order valence-corrected chi connectivity index (χ2v) is 7.34. The Morgan fingerprint density at radius 1 is 1.21 bits per heavy atom. The molecule has 0 radical (unpaired) electrons. The van der Waals surface area contributed by atoms with Crippen molar-refractivity contribution in [1.29, 1.82) is 0 Å². The molecule has 1 heterocycles. The Labute approximate surface area is 146 Å². The largest absolute Gasteiger partial charge is 0.369 e. The number of benzene rings is 1. The molecule has 1 aromatic carbocycles. The maximum atomic E-state index is 12.7. The van der Waals surface area contributed by atoms with Crippen molar-refractivity contribution < 1.29 is 9.59 Å². The van der Waals surface area contributed by atoms with Crippen LogP contribution in [0.3, 0.4) is 0 Å². The van der Waals surface area contributed by atoms with Crippen LogP contribution < -0.4 is 11.1 Å². The molecule has 0 fully saturated rings. The molecular formula is C18H23N3O2S. The number of para-hydroxylation sites is 1. The molecule has 0 aliphatic rings. The smallest absolute Gasteiger partial charge is 0.322 e. The fourth-order valence-electron chi connectivity index (χ4n) is 2.40. The number of urea groups is 1. The van der Waals surface area contributed by atoms with E-state index < -0.39 is 5.91 Å². The van der Waals surface area contributed by atoms with Crippen LogP contribution in [0.5, 0.6) is 0 Å². The van der Waals surface area contributed by atoms with Gasteiger partial charge in [0, 0.05) is 21.5 Å². The monoisotopic (exact) mass is 345 g/mol. The number of hydrogen-bond donors (Lipinski definition) is 2.